The molecule has 24 heavy (non-hydrogen) atoms. The van der Waals surface area contributed by atoms with Crippen molar-refractivity contribution in [3.63, 3.8) is 0 Å². The molecule has 2 aromatic carbocycles. The summed E-state index contributed by atoms with van der Waals surface area (Å²) in [6.45, 7) is 3.46. The highest BCUT2D eigenvalue weighted by Crippen LogP contribution is 2.38. The third kappa shape index (κ3) is 2.94. The molecule has 0 atom stereocenters. The van der Waals surface area contributed by atoms with Crippen LogP contribution >= 0.6 is 0 Å². The fourth-order valence-corrected chi connectivity index (χ4v) is 3.56. The first-order chi connectivity index (χ1) is 11.7. The van der Waals surface area contributed by atoms with Crippen LogP contribution in [-0.4, -0.2) is 31.1 Å². The summed E-state index contributed by atoms with van der Waals surface area (Å²) in [5, 5.41) is 0. The van der Waals surface area contributed by atoms with Crippen LogP contribution in [0.25, 0.3) is 5.57 Å². The molecule has 0 N–H and O–H groups in total. The number of rotatable bonds is 3. The highest BCUT2D eigenvalue weighted by molar-refractivity contribution is 5.86. The average Bonchev–Trinajstić information content (AvgIpc) is 3.09. The quantitative estimate of drug-likeness (QED) is 0.835. The number of benzene rings is 2. The summed E-state index contributed by atoms with van der Waals surface area (Å²) in [5.41, 5.74) is 3.76. The van der Waals surface area contributed by atoms with E-state index in [0.29, 0.717) is 12.4 Å². The van der Waals surface area contributed by atoms with Crippen molar-refractivity contribution in [2.45, 2.75) is 12.8 Å². The van der Waals surface area contributed by atoms with E-state index in [4.69, 9.17) is 4.74 Å². The molecule has 0 aromatic heterocycles. The minimum absolute atomic E-state index is 0.271. The van der Waals surface area contributed by atoms with Crippen molar-refractivity contribution in [3.05, 3.63) is 70.8 Å². The fraction of sp³-hybridized carbons (Fsp3) is 0.300. The van der Waals surface area contributed by atoms with Crippen LogP contribution < -0.4 is 4.74 Å². The van der Waals surface area contributed by atoms with Gasteiger partial charge in [0.25, 0.3) is 0 Å². The first-order valence-corrected chi connectivity index (χ1v) is 8.34. The van der Waals surface area contributed by atoms with E-state index in [9.17, 15) is 8.78 Å². The molecule has 0 saturated carbocycles. The Kier molecular flexibility index (Phi) is 4.07. The van der Waals surface area contributed by atoms with Crippen molar-refractivity contribution >= 4 is 5.57 Å². The molecule has 0 amide bonds. The molecular weight excluding hydrogens is 308 g/mol. The van der Waals surface area contributed by atoms with Crippen LogP contribution in [0.2, 0.25) is 0 Å². The van der Waals surface area contributed by atoms with E-state index in [1.807, 2.05) is 0 Å². The molecule has 4 heteroatoms. The van der Waals surface area contributed by atoms with Crippen LogP contribution in [0, 0.1) is 11.6 Å². The molecule has 2 aromatic rings. The van der Waals surface area contributed by atoms with Gasteiger partial charge >= 0.3 is 0 Å². The molecule has 124 valence electrons. The van der Waals surface area contributed by atoms with Crippen molar-refractivity contribution in [1.82, 2.24) is 4.90 Å². The van der Waals surface area contributed by atoms with Gasteiger partial charge < -0.3 is 4.74 Å². The lowest BCUT2D eigenvalue weighted by Crippen LogP contribution is -2.26. The van der Waals surface area contributed by atoms with Gasteiger partial charge in [0.2, 0.25) is 0 Å². The van der Waals surface area contributed by atoms with Gasteiger partial charge in [0.05, 0.1) is 0 Å². The van der Waals surface area contributed by atoms with Crippen molar-refractivity contribution in [3.8, 4) is 5.75 Å². The van der Waals surface area contributed by atoms with Gasteiger partial charge in [-0.3, -0.25) is 4.90 Å². The molecule has 2 aliphatic rings. The highest BCUT2D eigenvalue weighted by atomic mass is 19.1. The molecule has 0 spiro atoms. The fourth-order valence-electron chi connectivity index (χ4n) is 3.56. The van der Waals surface area contributed by atoms with Gasteiger partial charge in [0.1, 0.15) is 24.0 Å². The summed E-state index contributed by atoms with van der Waals surface area (Å²) in [6.07, 6.45) is 2.43. The highest BCUT2D eigenvalue weighted by Gasteiger charge is 2.24. The molecule has 2 nitrogen and oxygen atoms in total. The number of likely N-dealkylation sites (tertiary alicyclic amines) is 1. The van der Waals surface area contributed by atoms with E-state index in [-0.39, 0.29) is 11.6 Å². The predicted octanol–water partition coefficient (Wildman–Crippen LogP) is 4.25. The Bertz CT molecular complexity index is 777. The standard InChI is InChI=1S/C20H19F2NO/c21-16-5-3-14(4-6-16)20-15(12-23-9-1-2-10-23)13-24-19-8-7-17(22)11-18(19)20/h3-8,11H,1-2,9-10,12-13H2. The number of hydrogen-bond acceptors (Lipinski definition) is 2. The lowest BCUT2D eigenvalue weighted by atomic mass is 9.90. The number of fused-ring (bicyclic) bond motifs is 1. The van der Waals surface area contributed by atoms with Crippen LogP contribution in [0.5, 0.6) is 5.75 Å². The molecule has 0 unspecified atom stereocenters. The minimum atomic E-state index is -0.292. The van der Waals surface area contributed by atoms with E-state index >= 15 is 0 Å². The van der Waals surface area contributed by atoms with E-state index in [1.165, 1.54) is 37.1 Å². The predicted molar refractivity (Wildman–Crippen MR) is 90.0 cm³/mol. The van der Waals surface area contributed by atoms with Crippen molar-refractivity contribution in [2.24, 2.45) is 0 Å². The number of halogens is 2. The Hall–Kier alpha value is -2.20. The summed E-state index contributed by atoms with van der Waals surface area (Å²) in [6, 6.07) is 11.0. The summed E-state index contributed by atoms with van der Waals surface area (Å²) in [4.78, 5) is 2.40. The summed E-state index contributed by atoms with van der Waals surface area (Å²) < 4.78 is 33.0. The Morgan fingerprint density at radius 1 is 0.917 bits per heavy atom. The lowest BCUT2D eigenvalue weighted by Gasteiger charge is -2.27. The van der Waals surface area contributed by atoms with E-state index in [1.54, 1.807) is 18.2 Å². The average molecular weight is 327 g/mol. The zero-order valence-corrected chi connectivity index (χ0v) is 13.4. The van der Waals surface area contributed by atoms with Crippen molar-refractivity contribution in [1.29, 1.82) is 0 Å². The van der Waals surface area contributed by atoms with Crippen LogP contribution in [0.3, 0.4) is 0 Å². The number of hydrogen-bond donors (Lipinski definition) is 0. The zero-order valence-electron chi connectivity index (χ0n) is 13.4. The third-order valence-electron chi connectivity index (χ3n) is 4.71. The SMILES string of the molecule is Fc1ccc(C2=C(CN3CCCC3)COc3ccc(F)cc32)cc1. The van der Waals surface area contributed by atoms with Crippen LogP contribution in [0.15, 0.2) is 48.0 Å². The van der Waals surface area contributed by atoms with Gasteiger partial charge in [-0.15, -0.1) is 0 Å². The zero-order chi connectivity index (χ0) is 16.5. The van der Waals surface area contributed by atoms with E-state index in [0.717, 1.165) is 41.9 Å². The van der Waals surface area contributed by atoms with E-state index in [2.05, 4.69) is 4.90 Å². The molecular formula is C20H19F2NO. The summed E-state index contributed by atoms with van der Waals surface area (Å²) >= 11 is 0. The molecule has 1 fully saturated rings. The Labute approximate surface area is 140 Å². The smallest absolute Gasteiger partial charge is 0.127 e. The van der Waals surface area contributed by atoms with Gasteiger partial charge in [0, 0.05) is 12.1 Å². The first-order valence-electron chi connectivity index (χ1n) is 8.34. The van der Waals surface area contributed by atoms with Crippen molar-refractivity contribution in [2.75, 3.05) is 26.2 Å². The Morgan fingerprint density at radius 3 is 2.38 bits per heavy atom. The molecule has 0 bridgehead atoms. The largest absolute Gasteiger partial charge is 0.489 e. The lowest BCUT2D eigenvalue weighted by molar-refractivity contribution is 0.308. The summed E-state index contributed by atoms with van der Waals surface area (Å²) in [5.74, 6) is 0.118. The van der Waals surface area contributed by atoms with E-state index < -0.39 is 0 Å². The molecule has 0 aliphatic carbocycles. The molecule has 2 heterocycles. The van der Waals surface area contributed by atoms with Crippen molar-refractivity contribution < 1.29 is 13.5 Å². The maximum absolute atomic E-state index is 13.8. The number of nitrogens with zero attached hydrogens (tertiary/aromatic N) is 1. The van der Waals surface area contributed by atoms with Crippen LogP contribution in [0.1, 0.15) is 24.0 Å². The minimum Gasteiger partial charge on any atom is -0.489 e. The Balaban J connectivity index is 1.82. The maximum atomic E-state index is 13.8. The van der Waals surface area contributed by atoms with Gasteiger partial charge in [-0.2, -0.15) is 0 Å². The van der Waals surface area contributed by atoms with Crippen LogP contribution in [0.4, 0.5) is 8.78 Å². The monoisotopic (exact) mass is 327 g/mol. The topological polar surface area (TPSA) is 12.5 Å². The molecule has 2 aliphatic heterocycles. The van der Waals surface area contributed by atoms with Gasteiger partial charge in [0.15, 0.2) is 0 Å². The number of ether oxygens (including phenoxy) is 1. The molecule has 4 rings (SSSR count). The maximum Gasteiger partial charge on any atom is 0.127 e. The normalized spacial score (nSPS) is 17.8. The second-order valence-corrected chi connectivity index (χ2v) is 6.40. The third-order valence-corrected chi connectivity index (χ3v) is 4.71. The second-order valence-electron chi connectivity index (χ2n) is 6.40. The van der Waals surface area contributed by atoms with Gasteiger partial charge in [-0.25, -0.2) is 8.78 Å². The van der Waals surface area contributed by atoms with Gasteiger partial charge in [-0.05, 0) is 73.0 Å². The summed E-state index contributed by atoms with van der Waals surface area (Å²) in [7, 11) is 0. The van der Waals surface area contributed by atoms with Crippen LogP contribution in [-0.2, 0) is 0 Å². The van der Waals surface area contributed by atoms with Gasteiger partial charge in [-0.1, -0.05) is 12.1 Å². The Morgan fingerprint density at radius 2 is 1.62 bits per heavy atom. The second kappa shape index (κ2) is 6.36. The molecule has 1 saturated heterocycles. The first kappa shape index (κ1) is 15.3. The molecule has 0 radical (unpaired) electrons.